The summed E-state index contributed by atoms with van der Waals surface area (Å²) in [4.78, 5) is 27.2. The van der Waals surface area contributed by atoms with Crippen molar-refractivity contribution >= 4 is 17.5 Å². The molecule has 0 bridgehead atoms. The summed E-state index contributed by atoms with van der Waals surface area (Å²) in [6.07, 6.45) is 3.24. The molecule has 5 aromatic rings. The van der Waals surface area contributed by atoms with Crippen molar-refractivity contribution in [3.63, 3.8) is 0 Å². The molecule has 2 aromatic heterocycles. The van der Waals surface area contributed by atoms with Gasteiger partial charge in [0.2, 0.25) is 5.91 Å². The summed E-state index contributed by atoms with van der Waals surface area (Å²) >= 11 is 0. The first-order valence-corrected chi connectivity index (χ1v) is 12.5. The molecule has 0 fully saturated rings. The molecular formula is C30H28N6O3. The zero-order valence-corrected chi connectivity index (χ0v) is 21.5. The average molecular weight is 521 g/mol. The van der Waals surface area contributed by atoms with Crippen LogP contribution in [-0.4, -0.2) is 42.9 Å². The van der Waals surface area contributed by atoms with Crippen LogP contribution >= 0.6 is 0 Å². The smallest absolute Gasteiger partial charge is 0.270 e. The topological polar surface area (TPSA) is 125 Å². The molecule has 0 saturated carbocycles. The van der Waals surface area contributed by atoms with Gasteiger partial charge in [0.15, 0.2) is 0 Å². The van der Waals surface area contributed by atoms with Crippen molar-refractivity contribution in [1.29, 1.82) is 0 Å². The van der Waals surface area contributed by atoms with Crippen LogP contribution in [0.2, 0.25) is 0 Å². The Morgan fingerprint density at radius 1 is 0.923 bits per heavy atom. The van der Waals surface area contributed by atoms with Gasteiger partial charge in [0.05, 0.1) is 5.69 Å². The fraction of sp³-hybridized carbons (Fsp3) is 0.133. The number of phenolic OH excluding ortho intramolecular Hbond substituents is 1. The fourth-order valence-corrected chi connectivity index (χ4v) is 4.70. The highest BCUT2D eigenvalue weighted by atomic mass is 16.3. The second-order valence-electron chi connectivity index (χ2n) is 9.20. The standard InChI is InChI=1S/C30H28N6O3/c1-19-24(18-31-35-19)23-14-13-22(17-26(23)37)33-30(39)28(34-29(38)25-15-16-32-36(25)2)27(20-9-5-3-6-10-20)21-11-7-4-8-12-21/h3-18,27-28,37H,1-2H3,(H,31,35)(H,33,39)(H,34,38). The van der Waals surface area contributed by atoms with Crippen LogP contribution < -0.4 is 10.6 Å². The lowest BCUT2D eigenvalue weighted by atomic mass is 9.84. The van der Waals surface area contributed by atoms with Gasteiger partial charge in [-0.3, -0.25) is 19.4 Å². The lowest BCUT2D eigenvalue weighted by Crippen LogP contribution is -2.48. The number of nitrogens with zero attached hydrogens (tertiary/aromatic N) is 3. The van der Waals surface area contributed by atoms with E-state index in [9.17, 15) is 14.7 Å². The van der Waals surface area contributed by atoms with Gasteiger partial charge in [0, 0.05) is 48.2 Å². The van der Waals surface area contributed by atoms with Gasteiger partial charge in [0.25, 0.3) is 5.91 Å². The Hall–Kier alpha value is -5.18. The van der Waals surface area contributed by atoms with E-state index in [1.165, 1.54) is 16.9 Å². The molecule has 5 rings (SSSR count). The monoisotopic (exact) mass is 520 g/mol. The van der Waals surface area contributed by atoms with Gasteiger partial charge in [-0.25, -0.2) is 0 Å². The molecule has 196 valence electrons. The molecule has 39 heavy (non-hydrogen) atoms. The van der Waals surface area contributed by atoms with Crippen LogP contribution in [0.1, 0.15) is 33.2 Å². The number of anilines is 1. The minimum atomic E-state index is -0.991. The summed E-state index contributed by atoms with van der Waals surface area (Å²) in [5.41, 5.74) is 4.54. The lowest BCUT2D eigenvalue weighted by molar-refractivity contribution is -0.118. The zero-order valence-electron chi connectivity index (χ0n) is 21.5. The number of aromatic amines is 1. The lowest BCUT2D eigenvalue weighted by Gasteiger charge is -2.28. The highest BCUT2D eigenvalue weighted by Gasteiger charge is 2.33. The quantitative estimate of drug-likeness (QED) is 0.241. The van der Waals surface area contributed by atoms with Crippen LogP contribution in [0.25, 0.3) is 11.1 Å². The minimum Gasteiger partial charge on any atom is -0.507 e. The van der Waals surface area contributed by atoms with E-state index in [0.29, 0.717) is 16.9 Å². The molecule has 1 atom stereocenters. The van der Waals surface area contributed by atoms with Crippen molar-refractivity contribution in [2.45, 2.75) is 18.9 Å². The first kappa shape index (κ1) is 25.5. The number of aromatic hydroxyl groups is 1. The molecule has 4 N–H and O–H groups in total. The number of carbonyl (C=O) groups is 2. The molecule has 9 nitrogen and oxygen atoms in total. The number of rotatable bonds is 8. The Morgan fingerprint density at radius 2 is 1.59 bits per heavy atom. The SMILES string of the molecule is Cc1n[nH]cc1-c1ccc(NC(=O)C(NC(=O)c2ccnn2C)C(c2ccccc2)c2ccccc2)cc1O. The number of hydrogen-bond acceptors (Lipinski definition) is 5. The van der Waals surface area contributed by atoms with Crippen LogP contribution in [0.4, 0.5) is 5.69 Å². The molecule has 0 spiro atoms. The van der Waals surface area contributed by atoms with Crippen molar-refractivity contribution in [3.8, 4) is 16.9 Å². The highest BCUT2D eigenvalue weighted by molar-refractivity contribution is 6.01. The second kappa shape index (κ2) is 11.1. The number of carbonyl (C=O) groups excluding carboxylic acids is 2. The molecule has 0 radical (unpaired) electrons. The van der Waals surface area contributed by atoms with Gasteiger partial charge in [0.1, 0.15) is 17.5 Å². The summed E-state index contributed by atoms with van der Waals surface area (Å²) in [5.74, 6) is -1.36. The van der Waals surface area contributed by atoms with E-state index in [0.717, 1.165) is 22.4 Å². The third-order valence-corrected chi connectivity index (χ3v) is 6.66. The van der Waals surface area contributed by atoms with Crippen molar-refractivity contribution in [3.05, 3.63) is 120 Å². The van der Waals surface area contributed by atoms with E-state index in [1.807, 2.05) is 67.6 Å². The number of hydrogen-bond donors (Lipinski definition) is 4. The number of benzene rings is 3. The number of amides is 2. The largest absolute Gasteiger partial charge is 0.507 e. The summed E-state index contributed by atoms with van der Waals surface area (Å²) in [6, 6.07) is 24.7. The Balaban J connectivity index is 1.51. The van der Waals surface area contributed by atoms with Gasteiger partial charge in [-0.2, -0.15) is 10.2 Å². The zero-order chi connectivity index (χ0) is 27.4. The van der Waals surface area contributed by atoms with E-state index >= 15 is 0 Å². The number of nitrogens with one attached hydrogen (secondary N) is 3. The maximum absolute atomic E-state index is 13.9. The molecule has 0 aliphatic carbocycles. The third kappa shape index (κ3) is 5.42. The third-order valence-electron chi connectivity index (χ3n) is 6.66. The summed E-state index contributed by atoms with van der Waals surface area (Å²) in [7, 11) is 1.67. The molecule has 1 unspecified atom stereocenters. The van der Waals surface area contributed by atoms with Crippen LogP contribution in [0.5, 0.6) is 5.75 Å². The van der Waals surface area contributed by atoms with E-state index < -0.39 is 23.8 Å². The summed E-state index contributed by atoms with van der Waals surface area (Å²) < 4.78 is 1.46. The molecule has 0 saturated heterocycles. The van der Waals surface area contributed by atoms with E-state index in [-0.39, 0.29) is 5.75 Å². The van der Waals surface area contributed by atoms with E-state index in [1.54, 1.807) is 31.4 Å². The molecule has 0 aliphatic rings. The van der Waals surface area contributed by atoms with E-state index in [4.69, 9.17) is 0 Å². The molecule has 0 aliphatic heterocycles. The minimum absolute atomic E-state index is 0.00422. The van der Waals surface area contributed by atoms with Gasteiger partial charge >= 0.3 is 0 Å². The van der Waals surface area contributed by atoms with Gasteiger partial charge in [-0.1, -0.05) is 60.7 Å². The average Bonchev–Trinajstić information content (AvgIpc) is 3.57. The van der Waals surface area contributed by atoms with Crippen LogP contribution in [0.15, 0.2) is 97.3 Å². The number of aromatic nitrogens is 4. The van der Waals surface area contributed by atoms with Gasteiger partial charge in [-0.15, -0.1) is 0 Å². The maximum atomic E-state index is 13.9. The highest BCUT2D eigenvalue weighted by Crippen LogP contribution is 2.34. The van der Waals surface area contributed by atoms with Crippen molar-refractivity contribution in [1.82, 2.24) is 25.3 Å². The number of H-pyrrole nitrogens is 1. The summed E-state index contributed by atoms with van der Waals surface area (Å²) in [6.45, 7) is 1.84. The predicted octanol–water partition coefficient (Wildman–Crippen LogP) is 4.39. The van der Waals surface area contributed by atoms with Crippen molar-refractivity contribution in [2.24, 2.45) is 7.05 Å². The first-order chi connectivity index (χ1) is 18.9. The number of phenols is 1. The van der Waals surface area contributed by atoms with E-state index in [2.05, 4.69) is 25.9 Å². The summed E-state index contributed by atoms with van der Waals surface area (Å²) in [5, 5.41) is 27.6. The van der Waals surface area contributed by atoms with Crippen LogP contribution in [0.3, 0.4) is 0 Å². The first-order valence-electron chi connectivity index (χ1n) is 12.5. The molecule has 2 amide bonds. The Bertz CT molecular complexity index is 1550. The molecule has 3 aromatic carbocycles. The van der Waals surface area contributed by atoms with Gasteiger partial charge < -0.3 is 15.7 Å². The number of aryl methyl sites for hydroxylation is 2. The van der Waals surface area contributed by atoms with Crippen molar-refractivity contribution < 1.29 is 14.7 Å². The molecule has 9 heteroatoms. The maximum Gasteiger partial charge on any atom is 0.270 e. The Kier molecular flexibility index (Phi) is 7.22. The Labute approximate surface area is 225 Å². The molecular weight excluding hydrogens is 492 g/mol. The molecule has 2 heterocycles. The van der Waals surface area contributed by atoms with Crippen molar-refractivity contribution in [2.75, 3.05) is 5.32 Å². The van der Waals surface area contributed by atoms with Crippen LogP contribution in [-0.2, 0) is 11.8 Å². The second-order valence-corrected chi connectivity index (χ2v) is 9.20. The normalized spacial score (nSPS) is 11.8. The predicted molar refractivity (Wildman–Crippen MR) is 148 cm³/mol. The van der Waals surface area contributed by atoms with Crippen LogP contribution in [0, 0.1) is 6.92 Å². The Morgan fingerprint density at radius 3 is 2.13 bits per heavy atom. The van der Waals surface area contributed by atoms with Gasteiger partial charge in [-0.05, 0) is 36.2 Å². The fourth-order valence-electron chi connectivity index (χ4n) is 4.70.